The van der Waals surface area contributed by atoms with E-state index in [1.165, 1.54) is 12.1 Å². The van der Waals surface area contributed by atoms with Gasteiger partial charge in [0.15, 0.2) is 0 Å². The minimum Gasteiger partial charge on any atom is -0.388 e. The molecule has 106 valence electrons. The molecule has 0 aromatic heterocycles. The largest absolute Gasteiger partial charge is 0.388 e. The maximum Gasteiger partial charge on any atom is 0.123 e. The van der Waals surface area contributed by atoms with Gasteiger partial charge in [0, 0.05) is 16.9 Å². The third-order valence-corrected chi connectivity index (χ3v) is 3.96. The molecule has 2 unspecified atom stereocenters. The van der Waals surface area contributed by atoms with Crippen molar-refractivity contribution in [2.24, 2.45) is 5.73 Å². The Bertz CT molecular complexity index is 603. The third-order valence-electron chi connectivity index (χ3n) is 3.46. The molecule has 0 fully saturated rings. The minimum absolute atomic E-state index is 0.250. The van der Waals surface area contributed by atoms with Crippen LogP contribution in [0.3, 0.4) is 0 Å². The van der Waals surface area contributed by atoms with E-state index in [0.717, 1.165) is 15.6 Å². The predicted octanol–water partition coefficient (Wildman–Crippen LogP) is 3.67. The summed E-state index contributed by atoms with van der Waals surface area (Å²) < 4.78 is 14.3. The van der Waals surface area contributed by atoms with Crippen molar-refractivity contribution in [3.63, 3.8) is 0 Å². The van der Waals surface area contributed by atoms with Gasteiger partial charge < -0.3 is 10.8 Å². The van der Waals surface area contributed by atoms with Gasteiger partial charge in [-0.1, -0.05) is 34.1 Å². The Morgan fingerprint density at radius 1 is 1.25 bits per heavy atom. The number of rotatable bonds is 4. The van der Waals surface area contributed by atoms with Crippen molar-refractivity contribution >= 4 is 15.9 Å². The summed E-state index contributed by atoms with van der Waals surface area (Å²) in [7, 11) is 0. The molecule has 0 aliphatic heterocycles. The monoisotopic (exact) mass is 337 g/mol. The first-order chi connectivity index (χ1) is 9.52. The van der Waals surface area contributed by atoms with Gasteiger partial charge >= 0.3 is 0 Å². The average Bonchev–Trinajstić information content (AvgIpc) is 2.39. The highest BCUT2D eigenvalue weighted by Gasteiger charge is 2.23. The second-order valence-electron chi connectivity index (χ2n) is 4.84. The highest BCUT2D eigenvalue weighted by atomic mass is 79.9. The van der Waals surface area contributed by atoms with Crippen molar-refractivity contribution in [3.05, 3.63) is 69.4 Å². The van der Waals surface area contributed by atoms with Crippen molar-refractivity contribution in [3.8, 4) is 0 Å². The maximum atomic E-state index is 13.3. The zero-order valence-corrected chi connectivity index (χ0v) is 12.8. The summed E-state index contributed by atoms with van der Waals surface area (Å²) in [4.78, 5) is 0. The molecule has 2 nitrogen and oxygen atoms in total. The van der Waals surface area contributed by atoms with E-state index >= 15 is 0 Å². The van der Waals surface area contributed by atoms with Crippen LogP contribution in [0.15, 0.2) is 46.9 Å². The molecule has 0 heterocycles. The molecule has 0 bridgehead atoms. The van der Waals surface area contributed by atoms with E-state index in [0.29, 0.717) is 5.56 Å². The lowest BCUT2D eigenvalue weighted by Gasteiger charge is -2.24. The number of halogens is 2. The molecule has 0 amide bonds. The van der Waals surface area contributed by atoms with Crippen LogP contribution < -0.4 is 5.73 Å². The standard InChI is InChI=1S/C16H17BrFNO/c1-10-7-12(17)5-6-14(10)16(20)15(9-19)11-3-2-4-13(18)8-11/h2-8,15-16,20H,9,19H2,1H3. The fourth-order valence-corrected chi connectivity index (χ4v) is 2.85. The molecule has 0 saturated carbocycles. The van der Waals surface area contributed by atoms with E-state index in [4.69, 9.17) is 5.73 Å². The first-order valence-electron chi connectivity index (χ1n) is 6.42. The van der Waals surface area contributed by atoms with Crippen LogP contribution in [-0.4, -0.2) is 11.7 Å². The van der Waals surface area contributed by atoms with Crippen LogP contribution in [-0.2, 0) is 0 Å². The smallest absolute Gasteiger partial charge is 0.123 e. The lowest BCUT2D eigenvalue weighted by molar-refractivity contribution is 0.146. The van der Waals surface area contributed by atoms with E-state index < -0.39 is 6.10 Å². The van der Waals surface area contributed by atoms with Crippen molar-refractivity contribution < 1.29 is 9.50 Å². The fraction of sp³-hybridized carbons (Fsp3) is 0.250. The molecular formula is C16H17BrFNO. The van der Waals surface area contributed by atoms with Gasteiger partial charge in [0.05, 0.1) is 6.10 Å². The summed E-state index contributed by atoms with van der Waals surface area (Å²) in [5.74, 6) is -0.647. The summed E-state index contributed by atoms with van der Waals surface area (Å²) in [5, 5.41) is 10.6. The normalized spacial score (nSPS) is 14.1. The number of aliphatic hydroxyl groups is 1. The van der Waals surface area contributed by atoms with Crippen LogP contribution in [0, 0.1) is 12.7 Å². The van der Waals surface area contributed by atoms with Crippen LogP contribution >= 0.6 is 15.9 Å². The number of hydrogen-bond acceptors (Lipinski definition) is 2. The molecule has 3 N–H and O–H groups in total. The van der Waals surface area contributed by atoms with Gasteiger partial charge in [-0.2, -0.15) is 0 Å². The van der Waals surface area contributed by atoms with E-state index in [1.807, 2.05) is 25.1 Å². The maximum absolute atomic E-state index is 13.3. The van der Waals surface area contributed by atoms with Crippen molar-refractivity contribution in [2.45, 2.75) is 18.9 Å². The third kappa shape index (κ3) is 3.26. The number of nitrogens with two attached hydrogens (primary N) is 1. The van der Waals surface area contributed by atoms with Crippen LogP contribution in [0.4, 0.5) is 4.39 Å². The Labute approximate surface area is 126 Å². The van der Waals surface area contributed by atoms with Crippen molar-refractivity contribution in [2.75, 3.05) is 6.54 Å². The topological polar surface area (TPSA) is 46.2 Å². The van der Waals surface area contributed by atoms with Gasteiger partial charge in [-0.3, -0.25) is 0 Å². The van der Waals surface area contributed by atoms with Gasteiger partial charge in [0.1, 0.15) is 5.82 Å². The van der Waals surface area contributed by atoms with Gasteiger partial charge in [-0.05, 0) is 47.9 Å². The van der Waals surface area contributed by atoms with Crippen LogP contribution in [0.5, 0.6) is 0 Å². The predicted molar refractivity (Wildman–Crippen MR) is 82.0 cm³/mol. The first-order valence-corrected chi connectivity index (χ1v) is 7.22. The Balaban J connectivity index is 2.36. The second-order valence-corrected chi connectivity index (χ2v) is 5.76. The van der Waals surface area contributed by atoms with Gasteiger partial charge in [0.25, 0.3) is 0 Å². The van der Waals surface area contributed by atoms with Crippen LogP contribution in [0.1, 0.15) is 28.7 Å². The molecule has 0 aliphatic carbocycles. The molecule has 4 heteroatoms. The first kappa shape index (κ1) is 15.2. The quantitative estimate of drug-likeness (QED) is 0.893. The van der Waals surface area contributed by atoms with E-state index in [9.17, 15) is 9.50 Å². The molecule has 2 aromatic carbocycles. The molecule has 0 aliphatic rings. The fourth-order valence-electron chi connectivity index (χ4n) is 2.37. The molecule has 2 aromatic rings. The average molecular weight is 338 g/mol. The number of hydrogen-bond donors (Lipinski definition) is 2. The van der Waals surface area contributed by atoms with Gasteiger partial charge in [-0.25, -0.2) is 4.39 Å². The Morgan fingerprint density at radius 3 is 2.60 bits per heavy atom. The molecule has 20 heavy (non-hydrogen) atoms. The zero-order chi connectivity index (χ0) is 14.7. The zero-order valence-electron chi connectivity index (χ0n) is 11.2. The Morgan fingerprint density at radius 2 is 2.00 bits per heavy atom. The number of aryl methyl sites for hydroxylation is 1. The molecule has 0 spiro atoms. The number of benzene rings is 2. The van der Waals surface area contributed by atoms with E-state index in [-0.39, 0.29) is 18.3 Å². The van der Waals surface area contributed by atoms with Crippen LogP contribution in [0.2, 0.25) is 0 Å². The van der Waals surface area contributed by atoms with Gasteiger partial charge in [-0.15, -0.1) is 0 Å². The van der Waals surface area contributed by atoms with E-state index in [1.54, 1.807) is 12.1 Å². The molecule has 0 saturated heterocycles. The Kier molecular flexibility index (Phi) is 4.91. The van der Waals surface area contributed by atoms with Crippen LogP contribution in [0.25, 0.3) is 0 Å². The molecule has 2 rings (SSSR count). The molecule has 2 atom stereocenters. The SMILES string of the molecule is Cc1cc(Br)ccc1C(O)C(CN)c1cccc(F)c1. The summed E-state index contributed by atoms with van der Waals surface area (Å²) in [6.45, 7) is 2.18. The Hall–Kier alpha value is -1.23. The summed E-state index contributed by atoms with van der Waals surface area (Å²) in [5.41, 5.74) is 8.28. The van der Waals surface area contributed by atoms with Crippen molar-refractivity contribution in [1.29, 1.82) is 0 Å². The summed E-state index contributed by atoms with van der Waals surface area (Å²) in [6.07, 6.45) is -0.755. The highest BCUT2D eigenvalue weighted by molar-refractivity contribution is 9.10. The number of aliphatic hydroxyl groups excluding tert-OH is 1. The molecular weight excluding hydrogens is 321 g/mol. The minimum atomic E-state index is -0.755. The lowest BCUT2D eigenvalue weighted by atomic mass is 9.87. The molecule has 0 radical (unpaired) electrons. The highest BCUT2D eigenvalue weighted by Crippen LogP contribution is 2.33. The lowest BCUT2D eigenvalue weighted by Crippen LogP contribution is -2.21. The second kappa shape index (κ2) is 6.48. The summed E-state index contributed by atoms with van der Waals surface area (Å²) in [6, 6.07) is 11.9. The summed E-state index contributed by atoms with van der Waals surface area (Å²) >= 11 is 3.40. The van der Waals surface area contributed by atoms with E-state index in [2.05, 4.69) is 15.9 Å². The van der Waals surface area contributed by atoms with Gasteiger partial charge in [0.2, 0.25) is 0 Å². The van der Waals surface area contributed by atoms with Crippen molar-refractivity contribution in [1.82, 2.24) is 0 Å².